The molecule has 1 heterocycles. The van der Waals surface area contributed by atoms with E-state index in [1.54, 1.807) is 0 Å². The van der Waals surface area contributed by atoms with Gasteiger partial charge in [-0.2, -0.15) is 0 Å². The Bertz CT molecular complexity index is 246. The van der Waals surface area contributed by atoms with Gasteiger partial charge in [0.1, 0.15) is 6.26 Å². The van der Waals surface area contributed by atoms with Crippen LogP contribution in [0.15, 0.2) is 23.0 Å². The van der Waals surface area contributed by atoms with E-state index in [1.165, 1.54) is 25.5 Å². The van der Waals surface area contributed by atoms with Crippen molar-refractivity contribution in [3.8, 4) is 0 Å². The van der Waals surface area contributed by atoms with E-state index in [4.69, 9.17) is 0 Å². The average molecular weight is 138 g/mol. The average Bonchev–Trinajstić information content (AvgIpc) is 2.36. The zero-order valence-electron chi connectivity index (χ0n) is 5.46. The van der Waals surface area contributed by atoms with Crippen molar-refractivity contribution >= 4 is 11.6 Å². The number of carbonyl (C=O) groups is 2. The Morgan fingerprint density at radius 3 is 2.60 bits per heavy atom. The van der Waals surface area contributed by atoms with Gasteiger partial charge in [-0.3, -0.25) is 9.59 Å². The summed E-state index contributed by atoms with van der Waals surface area (Å²) in [5.74, 6) is -0.977. The van der Waals surface area contributed by atoms with E-state index in [9.17, 15) is 9.59 Å². The summed E-state index contributed by atoms with van der Waals surface area (Å²) < 4.78 is 4.61. The lowest BCUT2D eigenvalue weighted by atomic mass is 10.2. The van der Waals surface area contributed by atoms with Crippen molar-refractivity contribution in [2.24, 2.45) is 0 Å². The highest BCUT2D eigenvalue weighted by atomic mass is 16.3. The first kappa shape index (κ1) is 6.74. The summed E-state index contributed by atoms with van der Waals surface area (Å²) in [4.78, 5) is 21.2. The molecule has 3 heteroatoms. The highest BCUT2D eigenvalue weighted by molar-refractivity contribution is 6.42. The molecule has 0 N–H and O–H groups in total. The standard InChI is InChI=1S/C7H6O3/c1-5(8)7(9)6-2-3-10-4-6/h2-4H,1H3. The van der Waals surface area contributed by atoms with Crippen LogP contribution < -0.4 is 0 Å². The summed E-state index contributed by atoms with van der Waals surface area (Å²) in [6, 6.07) is 1.46. The second kappa shape index (κ2) is 2.47. The normalized spacial score (nSPS) is 9.30. The Balaban J connectivity index is 2.88. The molecule has 0 unspecified atom stereocenters. The zero-order chi connectivity index (χ0) is 7.56. The lowest BCUT2D eigenvalue weighted by Crippen LogP contribution is -2.07. The van der Waals surface area contributed by atoms with Crippen LogP contribution in [-0.2, 0) is 4.79 Å². The van der Waals surface area contributed by atoms with E-state index in [0.717, 1.165) is 0 Å². The first-order valence-electron chi connectivity index (χ1n) is 2.79. The third-order valence-corrected chi connectivity index (χ3v) is 1.10. The maximum atomic E-state index is 10.8. The second-order valence-electron chi connectivity index (χ2n) is 1.90. The summed E-state index contributed by atoms with van der Waals surface area (Å²) in [5.41, 5.74) is 0.313. The Kier molecular flexibility index (Phi) is 1.67. The minimum absolute atomic E-state index is 0.313. The van der Waals surface area contributed by atoms with Crippen LogP contribution in [-0.4, -0.2) is 11.6 Å². The fraction of sp³-hybridized carbons (Fsp3) is 0.143. The van der Waals surface area contributed by atoms with Gasteiger partial charge in [0.15, 0.2) is 5.78 Å². The third-order valence-electron chi connectivity index (χ3n) is 1.10. The van der Waals surface area contributed by atoms with Gasteiger partial charge >= 0.3 is 0 Å². The monoisotopic (exact) mass is 138 g/mol. The van der Waals surface area contributed by atoms with Crippen LogP contribution in [0.25, 0.3) is 0 Å². The molecule has 0 bridgehead atoms. The molecule has 0 atom stereocenters. The van der Waals surface area contributed by atoms with Crippen molar-refractivity contribution in [1.82, 2.24) is 0 Å². The third kappa shape index (κ3) is 1.13. The first-order valence-corrected chi connectivity index (χ1v) is 2.79. The quantitative estimate of drug-likeness (QED) is 0.453. The molecule has 0 saturated carbocycles. The Hall–Kier alpha value is -1.38. The molecule has 1 aromatic heterocycles. The highest BCUT2D eigenvalue weighted by Gasteiger charge is 2.10. The fourth-order valence-electron chi connectivity index (χ4n) is 0.597. The van der Waals surface area contributed by atoms with E-state index in [0.29, 0.717) is 5.56 Å². The van der Waals surface area contributed by atoms with Gasteiger partial charge < -0.3 is 4.42 Å². The molecule has 0 aliphatic carbocycles. The SMILES string of the molecule is CC(=O)C(=O)c1ccoc1. The lowest BCUT2D eigenvalue weighted by molar-refractivity contribution is -0.113. The van der Waals surface area contributed by atoms with Gasteiger partial charge in [0.05, 0.1) is 11.8 Å². The van der Waals surface area contributed by atoms with Crippen LogP contribution in [0.4, 0.5) is 0 Å². The number of hydrogen-bond acceptors (Lipinski definition) is 3. The summed E-state index contributed by atoms with van der Waals surface area (Å²) in [6.45, 7) is 1.23. The molecule has 1 aromatic rings. The smallest absolute Gasteiger partial charge is 0.231 e. The number of furan rings is 1. The number of Topliss-reactive ketones (excluding diaryl/α,β-unsaturated/α-hetero) is 2. The van der Waals surface area contributed by atoms with Crippen LogP contribution in [0.5, 0.6) is 0 Å². The zero-order valence-corrected chi connectivity index (χ0v) is 5.46. The molecule has 0 aliphatic rings. The molecule has 10 heavy (non-hydrogen) atoms. The predicted octanol–water partition coefficient (Wildman–Crippen LogP) is 1.05. The molecule has 0 aromatic carbocycles. The molecule has 0 fully saturated rings. The van der Waals surface area contributed by atoms with Gasteiger partial charge in [-0.1, -0.05) is 0 Å². The lowest BCUT2D eigenvalue weighted by Gasteiger charge is -1.85. The number of rotatable bonds is 2. The van der Waals surface area contributed by atoms with Gasteiger partial charge in [0.2, 0.25) is 5.78 Å². The summed E-state index contributed by atoms with van der Waals surface area (Å²) in [7, 11) is 0. The Morgan fingerprint density at radius 1 is 1.50 bits per heavy atom. The largest absolute Gasteiger partial charge is 0.472 e. The minimum atomic E-state index is -0.506. The summed E-state index contributed by atoms with van der Waals surface area (Å²) in [6.07, 6.45) is 2.61. The van der Waals surface area contributed by atoms with Crippen LogP contribution >= 0.6 is 0 Å². The van der Waals surface area contributed by atoms with Gasteiger partial charge in [-0.15, -0.1) is 0 Å². The van der Waals surface area contributed by atoms with E-state index >= 15 is 0 Å². The molecule has 1 rings (SSSR count). The van der Waals surface area contributed by atoms with E-state index in [2.05, 4.69) is 4.42 Å². The first-order chi connectivity index (χ1) is 4.72. The molecule has 0 spiro atoms. The predicted molar refractivity (Wildman–Crippen MR) is 33.7 cm³/mol. The molecule has 3 nitrogen and oxygen atoms in total. The minimum Gasteiger partial charge on any atom is -0.472 e. The van der Waals surface area contributed by atoms with Crippen molar-refractivity contribution in [3.63, 3.8) is 0 Å². The molecule has 0 amide bonds. The van der Waals surface area contributed by atoms with Gasteiger partial charge in [0, 0.05) is 6.92 Å². The van der Waals surface area contributed by atoms with Crippen molar-refractivity contribution in [1.29, 1.82) is 0 Å². The highest BCUT2D eigenvalue weighted by Crippen LogP contribution is 2.00. The molecular formula is C7H6O3. The van der Waals surface area contributed by atoms with Crippen LogP contribution in [0, 0.1) is 0 Å². The van der Waals surface area contributed by atoms with E-state index in [-0.39, 0.29) is 0 Å². The van der Waals surface area contributed by atoms with Gasteiger partial charge in [-0.05, 0) is 6.07 Å². The maximum absolute atomic E-state index is 10.8. The molecule has 0 aliphatic heterocycles. The van der Waals surface area contributed by atoms with Crippen molar-refractivity contribution in [2.75, 3.05) is 0 Å². The molecule has 52 valence electrons. The number of ketones is 2. The van der Waals surface area contributed by atoms with E-state index < -0.39 is 11.6 Å². The van der Waals surface area contributed by atoms with Crippen molar-refractivity contribution in [2.45, 2.75) is 6.92 Å². The summed E-state index contributed by atoms with van der Waals surface area (Å²) >= 11 is 0. The summed E-state index contributed by atoms with van der Waals surface area (Å²) in [5, 5.41) is 0. The van der Waals surface area contributed by atoms with Gasteiger partial charge in [-0.25, -0.2) is 0 Å². The molecular weight excluding hydrogens is 132 g/mol. The Labute approximate surface area is 57.6 Å². The van der Waals surface area contributed by atoms with Crippen LogP contribution in [0.2, 0.25) is 0 Å². The number of hydrogen-bond donors (Lipinski definition) is 0. The van der Waals surface area contributed by atoms with Crippen LogP contribution in [0.3, 0.4) is 0 Å². The number of carbonyl (C=O) groups excluding carboxylic acids is 2. The van der Waals surface area contributed by atoms with E-state index in [1.807, 2.05) is 0 Å². The second-order valence-corrected chi connectivity index (χ2v) is 1.90. The van der Waals surface area contributed by atoms with Crippen molar-refractivity contribution < 1.29 is 14.0 Å². The van der Waals surface area contributed by atoms with Crippen LogP contribution in [0.1, 0.15) is 17.3 Å². The Morgan fingerprint density at radius 2 is 2.20 bits per heavy atom. The molecule has 0 saturated heterocycles. The maximum Gasteiger partial charge on any atom is 0.231 e. The van der Waals surface area contributed by atoms with Gasteiger partial charge in [0.25, 0.3) is 0 Å². The fourth-order valence-corrected chi connectivity index (χ4v) is 0.597. The van der Waals surface area contributed by atoms with Crippen molar-refractivity contribution in [3.05, 3.63) is 24.2 Å². The molecule has 0 radical (unpaired) electrons. The topological polar surface area (TPSA) is 47.3 Å².